The van der Waals surface area contributed by atoms with Crippen LogP contribution < -0.4 is 14.6 Å². The van der Waals surface area contributed by atoms with E-state index in [4.69, 9.17) is 5.14 Å². The lowest BCUT2D eigenvalue weighted by Crippen LogP contribution is -2.25. The summed E-state index contributed by atoms with van der Waals surface area (Å²) in [5.74, 6) is -4.11. The van der Waals surface area contributed by atoms with E-state index in [0.29, 0.717) is 0 Å². The Hall–Kier alpha value is -2.68. The molecule has 0 aliphatic heterocycles. The molecule has 0 amide bonds. The highest BCUT2D eigenvalue weighted by atomic mass is 32.2. The SMILES string of the molecule is NS(=O)(=O)c1c(OCC(F)(F)F)nc(-c2cccc(F)c2)nc1OCC(F)(F)F. The zero-order chi connectivity index (χ0) is 22.0. The number of benzene rings is 1. The highest BCUT2D eigenvalue weighted by Crippen LogP contribution is 2.34. The van der Waals surface area contributed by atoms with Gasteiger partial charge in [-0.1, -0.05) is 12.1 Å². The van der Waals surface area contributed by atoms with Gasteiger partial charge in [-0.15, -0.1) is 0 Å². The largest absolute Gasteiger partial charge is 0.467 e. The van der Waals surface area contributed by atoms with Gasteiger partial charge in [-0.05, 0) is 12.1 Å². The van der Waals surface area contributed by atoms with Gasteiger partial charge in [0.2, 0.25) is 26.7 Å². The van der Waals surface area contributed by atoms with Crippen molar-refractivity contribution in [2.45, 2.75) is 17.2 Å². The van der Waals surface area contributed by atoms with Gasteiger partial charge in [0.25, 0.3) is 0 Å². The van der Waals surface area contributed by atoms with Crippen molar-refractivity contribution < 1.29 is 48.6 Å². The third kappa shape index (κ3) is 6.70. The number of sulfonamides is 1. The number of nitrogens with two attached hydrogens (primary N) is 1. The van der Waals surface area contributed by atoms with Gasteiger partial charge in [0.05, 0.1) is 0 Å². The van der Waals surface area contributed by atoms with E-state index >= 15 is 0 Å². The molecule has 0 saturated carbocycles. The fourth-order valence-corrected chi connectivity index (χ4v) is 2.60. The predicted molar refractivity (Wildman–Crippen MR) is 81.9 cm³/mol. The molecular formula is C14H10F7N3O4S. The highest BCUT2D eigenvalue weighted by molar-refractivity contribution is 7.89. The first-order chi connectivity index (χ1) is 13.2. The Balaban J connectivity index is 2.67. The third-order valence-electron chi connectivity index (χ3n) is 2.92. The number of rotatable bonds is 6. The molecule has 1 aromatic heterocycles. The molecule has 1 aromatic carbocycles. The maximum Gasteiger partial charge on any atom is 0.422 e. The molecule has 160 valence electrons. The topological polar surface area (TPSA) is 104 Å². The van der Waals surface area contributed by atoms with Crippen LogP contribution >= 0.6 is 0 Å². The summed E-state index contributed by atoms with van der Waals surface area (Å²) < 4.78 is 120. The van der Waals surface area contributed by atoms with Gasteiger partial charge < -0.3 is 9.47 Å². The van der Waals surface area contributed by atoms with Crippen LogP contribution in [0.2, 0.25) is 0 Å². The summed E-state index contributed by atoms with van der Waals surface area (Å²) in [5, 5.41) is 4.86. The Morgan fingerprint density at radius 1 is 0.931 bits per heavy atom. The van der Waals surface area contributed by atoms with Crippen molar-refractivity contribution in [3.05, 3.63) is 30.1 Å². The molecule has 0 aliphatic rings. The minimum Gasteiger partial charge on any atom is -0.467 e. The second kappa shape index (κ2) is 7.98. The third-order valence-corrected chi connectivity index (χ3v) is 3.83. The van der Waals surface area contributed by atoms with Crippen LogP contribution in [0.25, 0.3) is 11.4 Å². The standard InChI is InChI=1S/C14H10F7N3O4S/c15-8-3-1-2-7(4-8)10-23-11(27-5-13(16,17)18)9(29(22,25)26)12(24-10)28-6-14(19,20)21/h1-4H,5-6H2,(H2,22,25,26). The van der Waals surface area contributed by atoms with Crippen LogP contribution in [0.4, 0.5) is 30.7 Å². The van der Waals surface area contributed by atoms with Crippen molar-refractivity contribution in [3.63, 3.8) is 0 Å². The van der Waals surface area contributed by atoms with Gasteiger partial charge in [0.1, 0.15) is 5.82 Å². The molecule has 15 heteroatoms. The van der Waals surface area contributed by atoms with Crippen molar-refractivity contribution in [3.8, 4) is 23.1 Å². The Bertz CT molecular complexity index is 954. The van der Waals surface area contributed by atoms with Crippen LogP contribution in [-0.2, 0) is 10.0 Å². The number of nitrogens with zero attached hydrogens (tertiary/aromatic N) is 2. The normalized spacial score (nSPS) is 12.7. The minimum absolute atomic E-state index is 0.209. The van der Waals surface area contributed by atoms with Crippen molar-refractivity contribution >= 4 is 10.0 Å². The molecule has 2 N–H and O–H groups in total. The van der Waals surface area contributed by atoms with E-state index in [1.54, 1.807) is 0 Å². The molecule has 2 aromatic rings. The van der Waals surface area contributed by atoms with Gasteiger partial charge >= 0.3 is 12.4 Å². The number of alkyl halides is 6. The fraction of sp³-hybridized carbons (Fsp3) is 0.286. The maximum atomic E-state index is 13.4. The van der Waals surface area contributed by atoms with Crippen molar-refractivity contribution in [1.29, 1.82) is 0 Å². The number of hydrogen-bond acceptors (Lipinski definition) is 6. The van der Waals surface area contributed by atoms with Crippen LogP contribution in [0.15, 0.2) is 29.2 Å². The Morgan fingerprint density at radius 3 is 1.79 bits per heavy atom. The van der Waals surface area contributed by atoms with Crippen LogP contribution in [0, 0.1) is 5.82 Å². The second-order valence-corrected chi connectivity index (χ2v) is 6.85. The zero-order valence-corrected chi connectivity index (χ0v) is 14.7. The van der Waals surface area contributed by atoms with Crippen molar-refractivity contribution in [2.75, 3.05) is 13.2 Å². The first kappa shape index (κ1) is 22.6. The van der Waals surface area contributed by atoms with Gasteiger partial charge in [-0.2, -0.15) is 36.3 Å². The average molecular weight is 449 g/mol. The number of primary sulfonamides is 1. The van der Waals surface area contributed by atoms with E-state index in [1.807, 2.05) is 0 Å². The van der Waals surface area contributed by atoms with E-state index < -0.39 is 63.9 Å². The minimum atomic E-state index is -4.99. The first-order valence-electron chi connectivity index (χ1n) is 7.25. The molecule has 0 spiro atoms. The average Bonchev–Trinajstić information content (AvgIpc) is 2.55. The molecule has 0 saturated heterocycles. The van der Waals surface area contributed by atoms with Crippen LogP contribution in [0.3, 0.4) is 0 Å². The van der Waals surface area contributed by atoms with Gasteiger partial charge in [-0.3, -0.25) is 0 Å². The van der Waals surface area contributed by atoms with Gasteiger partial charge in [0.15, 0.2) is 19.0 Å². The van der Waals surface area contributed by atoms with Crippen LogP contribution in [-0.4, -0.2) is 44.0 Å². The molecule has 0 aliphatic carbocycles. The number of hydrogen-bond donors (Lipinski definition) is 1. The van der Waals surface area contributed by atoms with Crippen molar-refractivity contribution in [1.82, 2.24) is 9.97 Å². The van der Waals surface area contributed by atoms with E-state index in [9.17, 15) is 39.2 Å². The molecule has 7 nitrogen and oxygen atoms in total. The van der Waals surface area contributed by atoms with E-state index in [1.165, 1.54) is 0 Å². The van der Waals surface area contributed by atoms with Crippen LogP contribution in [0.1, 0.15) is 0 Å². The fourth-order valence-electron chi connectivity index (χ4n) is 1.91. The monoisotopic (exact) mass is 449 g/mol. The Morgan fingerprint density at radius 2 is 1.41 bits per heavy atom. The predicted octanol–water partition coefficient (Wildman–Crippen LogP) is 2.81. The first-order valence-corrected chi connectivity index (χ1v) is 8.80. The summed E-state index contributed by atoms with van der Waals surface area (Å²) in [4.78, 5) is 5.45. The molecule has 0 radical (unpaired) electrons. The molecular weight excluding hydrogens is 439 g/mol. The molecule has 0 unspecified atom stereocenters. The summed E-state index contributed by atoms with van der Waals surface area (Å²) in [6, 6.07) is 4.10. The second-order valence-electron chi connectivity index (χ2n) is 5.35. The van der Waals surface area contributed by atoms with E-state index in [-0.39, 0.29) is 5.56 Å². The number of aromatic nitrogens is 2. The molecule has 1 heterocycles. The van der Waals surface area contributed by atoms with Gasteiger partial charge in [0, 0.05) is 5.56 Å². The lowest BCUT2D eigenvalue weighted by Gasteiger charge is -2.16. The summed E-state index contributed by atoms with van der Waals surface area (Å²) in [5.41, 5.74) is -0.209. The maximum absolute atomic E-state index is 13.4. The van der Waals surface area contributed by atoms with E-state index in [2.05, 4.69) is 19.4 Å². The molecule has 29 heavy (non-hydrogen) atoms. The molecule has 0 bridgehead atoms. The molecule has 0 fully saturated rings. The molecule has 2 rings (SSSR count). The zero-order valence-electron chi connectivity index (χ0n) is 13.9. The summed E-state index contributed by atoms with van der Waals surface area (Å²) >= 11 is 0. The lowest BCUT2D eigenvalue weighted by atomic mass is 10.2. The Labute approximate surface area is 158 Å². The van der Waals surface area contributed by atoms with Crippen LogP contribution in [0.5, 0.6) is 11.8 Å². The van der Waals surface area contributed by atoms with Gasteiger partial charge in [-0.25, -0.2) is 17.9 Å². The summed E-state index contributed by atoms with van der Waals surface area (Å²) in [7, 11) is -4.99. The van der Waals surface area contributed by atoms with E-state index in [0.717, 1.165) is 24.3 Å². The highest BCUT2D eigenvalue weighted by Gasteiger charge is 2.35. The summed E-state index contributed by atoms with van der Waals surface area (Å²) in [6.45, 7) is -4.10. The quantitative estimate of drug-likeness (QED) is 0.681. The lowest BCUT2D eigenvalue weighted by molar-refractivity contribution is -0.155. The number of ether oxygens (including phenoxy) is 2. The number of halogens is 7. The summed E-state index contributed by atoms with van der Waals surface area (Å²) in [6.07, 6.45) is -9.90. The Kier molecular flexibility index (Phi) is 6.22. The molecule has 0 atom stereocenters. The smallest absolute Gasteiger partial charge is 0.422 e. The van der Waals surface area contributed by atoms with Crippen molar-refractivity contribution in [2.24, 2.45) is 5.14 Å².